The van der Waals surface area contributed by atoms with E-state index in [9.17, 15) is 8.42 Å². The summed E-state index contributed by atoms with van der Waals surface area (Å²) in [6.45, 7) is 0. The van der Waals surface area contributed by atoms with E-state index in [1.807, 2.05) is 0 Å². The fourth-order valence-corrected chi connectivity index (χ4v) is 1.36. The summed E-state index contributed by atoms with van der Waals surface area (Å²) in [5, 5.41) is 0. The van der Waals surface area contributed by atoms with E-state index >= 15 is 0 Å². The largest absolute Gasteiger partial charge is 1.00 e. The van der Waals surface area contributed by atoms with Crippen LogP contribution in [0.5, 0.6) is 0 Å². The molecule has 0 aliphatic heterocycles. The van der Waals surface area contributed by atoms with Crippen LogP contribution in [0, 0.1) is 0 Å². The van der Waals surface area contributed by atoms with Crippen LogP contribution in [0.3, 0.4) is 0 Å². The van der Waals surface area contributed by atoms with Gasteiger partial charge in [-0.15, -0.1) is 0 Å². The van der Waals surface area contributed by atoms with Crippen molar-refractivity contribution in [2.24, 2.45) is 5.90 Å². The molecule has 0 heterocycles. The molecule has 13 heavy (non-hydrogen) atoms. The van der Waals surface area contributed by atoms with Gasteiger partial charge in [-0.05, 0) is 18.2 Å². The minimum atomic E-state index is -3.82. The van der Waals surface area contributed by atoms with Crippen LogP contribution in [0.4, 0.5) is 5.69 Å². The molecular weight excluding hydrogens is 203 g/mol. The summed E-state index contributed by atoms with van der Waals surface area (Å²) < 4.78 is 25.7. The fourth-order valence-electron chi connectivity index (χ4n) is 0.726. The van der Waals surface area contributed by atoms with E-state index in [0.29, 0.717) is 5.69 Å². The number of hydrogen-bond acceptors (Lipinski definition) is 5. The molecule has 0 aromatic heterocycles. The number of benzene rings is 1. The van der Waals surface area contributed by atoms with Crippen molar-refractivity contribution in [2.45, 2.75) is 4.90 Å². The maximum absolute atomic E-state index is 11.0. The SMILES string of the molecule is NOS(=O)(=O)c1cccc(N)c1.[H-].[Na+]. The quantitative estimate of drug-likeness (QED) is 0.309. The Kier molecular flexibility index (Phi) is 4.90. The minimum Gasteiger partial charge on any atom is -1.00 e. The van der Waals surface area contributed by atoms with Gasteiger partial charge in [-0.25, -0.2) is 0 Å². The molecular formula is C6H9N2NaO3S. The Morgan fingerprint density at radius 2 is 2.00 bits per heavy atom. The van der Waals surface area contributed by atoms with E-state index in [1.54, 1.807) is 6.07 Å². The Morgan fingerprint density at radius 1 is 1.38 bits per heavy atom. The third-order valence-corrected chi connectivity index (χ3v) is 2.36. The monoisotopic (exact) mass is 212 g/mol. The molecule has 0 fully saturated rings. The van der Waals surface area contributed by atoms with E-state index in [1.165, 1.54) is 18.2 Å². The van der Waals surface area contributed by atoms with Crippen molar-refractivity contribution >= 4 is 15.8 Å². The molecule has 0 atom stereocenters. The van der Waals surface area contributed by atoms with Crippen LogP contribution in [0.25, 0.3) is 0 Å². The molecule has 4 N–H and O–H groups in total. The summed E-state index contributed by atoms with van der Waals surface area (Å²) >= 11 is 0. The van der Waals surface area contributed by atoms with Crippen LogP contribution >= 0.6 is 0 Å². The molecule has 0 bridgehead atoms. The Morgan fingerprint density at radius 3 is 2.46 bits per heavy atom. The van der Waals surface area contributed by atoms with Gasteiger partial charge in [-0.2, -0.15) is 18.6 Å². The normalized spacial score (nSPS) is 10.5. The van der Waals surface area contributed by atoms with Gasteiger partial charge in [0.2, 0.25) is 0 Å². The summed E-state index contributed by atoms with van der Waals surface area (Å²) in [5.41, 5.74) is 5.69. The molecule has 1 aromatic rings. The second-order valence-electron chi connectivity index (χ2n) is 2.12. The van der Waals surface area contributed by atoms with Crippen LogP contribution < -0.4 is 41.2 Å². The van der Waals surface area contributed by atoms with Crippen LogP contribution in [0.15, 0.2) is 29.2 Å². The molecule has 68 valence electrons. The van der Waals surface area contributed by atoms with Gasteiger partial charge in [0.15, 0.2) is 0 Å². The van der Waals surface area contributed by atoms with Gasteiger partial charge in [0.1, 0.15) is 0 Å². The van der Waals surface area contributed by atoms with Gasteiger partial charge < -0.3 is 7.16 Å². The smallest absolute Gasteiger partial charge is 1.00 e. The Labute approximate surface area is 99.9 Å². The Hall–Kier alpha value is -0.110. The average molecular weight is 212 g/mol. The van der Waals surface area contributed by atoms with Gasteiger partial charge in [-0.3, -0.25) is 0 Å². The van der Waals surface area contributed by atoms with Crippen molar-refractivity contribution in [3.8, 4) is 0 Å². The van der Waals surface area contributed by atoms with Crippen molar-refractivity contribution in [1.29, 1.82) is 0 Å². The van der Waals surface area contributed by atoms with Gasteiger partial charge in [0.25, 0.3) is 0 Å². The number of anilines is 1. The topological polar surface area (TPSA) is 95.4 Å². The summed E-state index contributed by atoms with van der Waals surface area (Å²) in [4.78, 5) is -0.0509. The third-order valence-electron chi connectivity index (χ3n) is 1.27. The first kappa shape index (κ1) is 12.9. The van der Waals surface area contributed by atoms with Gasteiger partial charge in [0.05, 0.1) is 4.90 Å². The first-order chi connectivity index (χ1) is 5.56. The third kappa shape index (κ3) is 3.26. The number of hydrogen-bond donors (Lipinski definition) is 2. The van der Waals surface area contributed by atoms with E-state index < -0.39 is 10.1 Å². The molecule has 0 unspecified atom stereocenters. The molecule has 0 saturated heterocycles. The summed E-state index contributed by atoms with van der Waals surface area (Å²) in [6.07, 6.45) is 0. The van der Waals surface area contributed by atoms with Gasteiger partial charge in [0, 0.05) is 5.69 Å². The Bertz CT molecular complexity index is 384. The average Bonchev–Trinajstić information content (AvgIpc) is 2.05. The van der Waals surface area contributed by atoms with Crippen molar-refractivity contribution in [1.82, 2.24) is 0 Å². The maximum atomic E-state index is 11.0. The molecule has 1 aromatic carbocycles. The molecule has 0 amide bonds. The van der Waals surface area contributed by atoms with E-state index in [-0.39, 0.29) is 35.9 Å². The minimum absolute atomic E-state index is 0. The second-order valence-corrected chi connectivity index (χ2v) is 3.69. The molecule has 1 rings (SSSR count). The zero-order chi connectivity index (χ0) is 9.19. The first-order valence-corrected chi connectivity index (χ1v) is 4.46. The summed E-state index contributed by atoms with van der Waals surface area (Å²) in [5.74, 6) is 4.56. The zero-order valence-corrected chi connectivity index (χ0v) is 9.91. The molecule has 0 spiro atoms. The second kappa shape index (κ2) is 4.94. The van der Waals surface area contributed by atoms with Gasteiger partial charge in [-0.1, -0.05) is 6.07 Å². The number of rotatable bonds is 2. The van der Waals surface area contributed by atoms with Crippen molar-refractivity contribution in [2.75, 3.05) is 5.73 Å². The molecule has 0 radical (unpaired) electrons. The van der Waals surface area contributed by atoms with Crippen LogP contribution in [0.1, 0.15) is 1.43 Å². The van der Waals surface area contributed by atoms with Crippen LogP contribution in [0.2, 0.25) is 0 Å². The molecule has 7 heteroatoms. The van der Waals surface area contributed by atoms with E-state index in [4.69, 9.17) is 5.73 Å². The van der Waals surface area contributed by atoms with Gasteiger partial charge >= 0.3 is 39.7 Å². The zero-order valence-electron chi connectivity index (χ0n) is 8.10. The van der Waals surface area contributed by atoms with E-state index in [0.717, 1.165) is 0 Å². The maximum Gasteiger partial charge on any atom is 1.00 e. The Balaban J connectivity index is 0. The van der Waals surface area contributed by atoms with Crippen molar-refractivity contribution < 1.29 is 43.7 Å². The molecule has 0 aliphatic carbocycles. The van der Waals surface area contributed by atoms with Crippen LogP contribution in [-0.2, 0) is 14.4 Å². The summed E-state index contributed by atoms with van der Waals surface area (Å²) in [7, 11) is -3.82. The fraction of sp³-hybridized carbons (Fsp3) is 0. The standard InChI is InChI=1S/C6H8N2O3S.Na.H/c7-5-2-1-3-6(4-5)12(9,10)11-8;;/h1-4H,7-8H2;;/q;+1;-1. The predicted molar refractivity (Wildman–Crippen MR) is 44.4 cm³/mol. The predicted octanol–water partition coefficient (Wildman–Crippen LogP) is -3.04. The molecule has 0 aliphatic rings. The first-order valence-electron chi connectivity index (χ1n) is 3.05. The molecule has 5 nitrogen and oxygen atoms in total. The number of nitrogens with two attached hydrogens (primary N) is 2. The van der Waals surface area contributed by atoms with Crippen LogP contribution in [-0.4, -0.2) is 8.42 Å². The number of nitrogen functional groups attached to an aromatic ring is 1. The van der Waals surface area contributed by atoms with Crippen molar-refractivity contribution in [3.05, 3.63) is 24.3 Å². The summed E-state index contributed by atoms with van der Waals surface area (Å²) in [6, 6.07) is 5.68. The van der Waals surface area contributed by atoms with E-state index in [2.05, 4.69) is 10.2 Å². The van der Waals surface area contributed by atoms with Crippen molar-refractivity contribution in [3.63, 3.8) is 0 Å². The molecule has 0 saturated carbocycles.